The molecule has 0 saturated heterocycles. The van der Waals surface area contributed by atoms with Crippen LogP contribution in [-0.4, -0.2) is 36.4 Å². The monoisotopic (exact) mass is 378 g/mol. The maximum atomic E-state index is 12.2. The van der Waals surface area contributed by atoms with Crippen molar-refractivity contribution in [3.05, 3.63) is 29.8 Å². The zero-order valence-electron chi connectivity index (χ0n) is 15.7. The van der Waals surface area contributed by atoms with Crippen molar-refractivity contribution in [1.29, 1.82) is 0 Å². The third-order valence-corrected chi connectivity index (χ3v) is 3.63. The molecular formula is C18H26N4O5. The van der Waals surface area contributed by atoms with Crippen LogP contribution in [0.4, 0.5) is 10.5 Å². The summed E-state index contributed by atoms with van der Waals surface area (Å²) in [7, 11) is 0. The van der Waals surface area contributed by atoms with Crippen molar-refractivity contribution in [1.82, 2.24) is 10.6 Å². The zero-order valence-corrected chi connectivity index (χ0v) is 15.7. The van der Waals surface area contributed by atoms with Crippen LogP contribution in [0.3, 0.4) is 0 Å². The van der Waals surface area contributed by atoms with E-state index in [0.29, 0.717) is 11.3 Å². The fourth-order valence-corrected chi connectivity index (χ4v) is 2.13. The van der Waals surface area contributed by atoms with Crippen molar-refractivity contribution in [2.24, 2.45) is 11.7 Å². The Balaban J connectivity index is 2.50. The van der Waals surface area contributed by atoms with Gasteiger partial charge in [-0.2, -0.15) is 0 Å². The topological polar surface area (TPSA) is 140 Å². The van der Waals surface area contributed by atoms with Crippen molar-refractivity contribution < 1.29 is 23.9 Å². The van der Waals surface area contributed by atoms with Crippen LogP contribution in [0.2, 0.25) is 0 Å². The van der Waals surface area contributed by atoms with Gasteiger partial charge >= 0.3 is 6.09 Å². The molecule has 148 valence electrons. The lowest BCUT2D eigenvalue weighted by Gasteiger charge is -2.21. The number of hydrogen-bond donors (Lipinski definition) is 4. The van der Waals surface area contributed by atoms with E-state index in [1.807, 2.05) is 13.8 Å². The molecule has 1 atom stereocenters. The summed E-state index contributed by atoms with van der Waals surface area (Å²) in [6.45, 7) is 5.13. The molecule has 0 aromatic heterocycles. The Bertz CT molecular complexity index is 673. The first kappa shape index (κ1) is 21.9. The number of rotatable bonds is 9. The van der Waals surface area contributed by atoms with E-state index in [9.17, 15) is 19.2 Å². The Labute approximate surface area is 158 Å². The number of nitrogens with two attached hydrogens (primary N) is 1. The van der Waals surface area contributed by atoms with Gasteiger partial charge < -0.3 is 26.4 Å². The molecular weight excluding hydrogens is 352 g/mol. The molecule has 1 aromatic carbocycles. The number of primary amides is 1. The molecule has 1 aromatic rings. The lowest BCUT2D eigenvalue weighted by Crippen LogP contribution is -2.50. The lowest BCUT2D eigenvalue weighted by atomic mass is 10.0. The van der Waals surface area contributed by atoms with Gasteiger partial charge in [0.2, 0.25) is 17.7 Å². The second-order valence-electron chi connectivity index (χ2n) is 6.21. The Kier molecular flexibility index (Phi) is 8.77. The predicted octanol–water partition coefficient (Wildman–Crippen LogP) is 0.887. The highest BCUT2D eigenvalue weighted by Crippen LogP contribution is 2.10. The fraction of sp³-hybridized carbons (Fsp3) is 0.444. The largest absolute Gasteiger partial charge is 0.445 e. The first-order chi connectivity index (χ1) is 12.7. The standard InChI is InChI=1S/C18H26N4O5/c1-4-14(23)22-16(11(2)3)17(25)20-9-15(24)21-13-7-5-12(6-8-13)10-27-18(19)26/h5-8,11,16H,4,9-10H2,1-3H3,(H2,19,26)(H,20,25)(H,21,24)(H,22,23). The van der Waals surface area contributed by atoms with Crippen molar-refractivity contribution in [3.8, 4) is 0 Å². The van der Waals surface area contributed by atoms with E-state index in [1.54, 1.807) is 31.2 Å². The van der Waals surface area contributed by atoms with Gasteiger partial charge in [-0.25, -0.2) is 4.79 Å². The lowest BCUT2D eigenvalue weighted by molar-refractivity contribution is -0.130. The van der Waals surface area contributed by atoms with Crippen LogP contribution < -0.4 is 21.7 Å². The highest BCUT2D eigenvalue weighted by molar-refractivity contribution is 5.96. The molecule has 0 heterocycles. The molecule has 27 heavy (non-hydrogen) atoms. The molecule has 0 spiro atoms. The first-order valence-corrected chi connectivity index (χ1v) is 8.61. The van der Waals surface area contributed by atoms with E-state index in [2.05, 4.69) is 20.7 Å². The second-order valence-corrected chi connectivity index (χ2v) is 6.21. The van der Waals surface area contributed by atoms with Gasteiger partial charge in [0.1, 0.15) is 12.6 Å². The van der Waals surface area contributed by atoms with E-state index >= 15 is 0 Å². The van der Waals surface area contributed by atoms with E-state index in [0.717, 1.165) is 0 Å². The molecule has 4 amide bonds. The molecule has 1 unspecified atom stereocenters. The molecule has 0 radical (unpaired) electrons. The normalized spacial score (nSPS) is 11.4. The van der Waals surface area contributed by atoms with Gasteiger partial charge in [0.05, 0.1) is 6.54 Å². The van der Waals surface area contributed by atoms with E-state index in [1.165, 1.54) is 0 Å². The number of nitrogens with one attached hydrogen (secondary N) is 3. The molecule has 5 N–H and O–H groups in total. The summed E-state index contributed by atoms with van der Waals surface area (Å²) in [4.78, 5) is 46.3. The summed E-state index contributed by atoms with van der Waals surface area (Å²) >= 11 is 0. The van der Waals surface area contributed by atoms with E-state index in [-0.39, 0.29) is 31.4 Å². The Morgan fingerprint density at radius 3 is 2.22 bits per heavy atom. The van der Waals surface area contributed by atoms with Crippen LogP contribution in [0, 0.1) is 5.92 Å². The van der Waals surface area contributed by atoms with Crippen molar-refractivity contribution in [2.75, 3.05) is 11.9 Å². The van der Waals surface area contributed by atoms with Gasteiger partial charge in [0.25, 0.3) is 0 Å². The summed E-state index contributed by atoms with van der Waals surface area (Å²) in [5, 5.41) is 7.79. The molecule has 1 rings (SSSR count). The second kappa shape index (κ2) is 10.8. The summed E-state index contributed by atoms with van der Waals surface area (Å²) in [5.74, 6) is -1.16. The summed E-state index contributed by atoms with van der Waals surface area (Å²) < 4.78 is 4.67. The third kappa shape index (κ3) is 8.21. The maximum Gasteiger partial charge on any atom is 0.404 e. The minimum atomic E-state index is -0.863. The summed E-state index contributed by atoms with van der Waals surface area (Å²) in [5.41, 5.74) is 6.13. The van der Waals surface area contributed by atoms with Crippen LogP contribution >= 0.6 is 0 Å². The first-order valence-electron chi connectivity index (χ1n) is 8.61. The van der Waals surface area contributed by atoms with Crippen LogP contribution in [0.15, 0.2) is 24.3 Å². The highest BCUT2D eigenvalue weighted by Gasteiger charge is 2.23. The zero-order chi connectivity index (χ0) is 20.4. The van der Waals surface area contributed by atoms with Crippen LogP contribution in [0.25, 0.3) is 0 Å². The number of amides is 4. The average molecular weight is 378 g/mol. The van der Waals surface area contributed by atoms with Crippen LogP contribution in [0.5, 0.6) is 0 Å². The highest BCUT2D eigenvalue weighted by atomic mass is 16.5. The third-order valence-electron chi connectivity index (χ3n) is 3.63. The molecule has 9 nitrogen and oxygen atoms in total. The Morgan fingerprint density at radius 1 is 1.07 bits per heavy atom. The molecule has 0 saturated carbocycles. The molecule has 0 aliphatic carbocycles. The van der Waals surface area contributed by atoms with E-state index < -0.39 is 23.9 Å². The van der Waals surface area contributed by atoms with Crippen molar-refractivity contribution in [2.45, 2.75) is 39.8 Å². The molecule has 0 aliphatic heterocycles. The Morgan fingerprint density at radius 2 is 1.70 bits per heavy atom. The number of hydrogen-bond acceptors (Lipinski definition) is 5. The number of benzene rings is 1. The van der Waals surface area contributed by atoms with Gasteiger partial charge in [-0.15, -0.1) is 0 Å². The smallest absolute Gasteiger partial charge is 0.404 e. The number of carbonyl (C=O) groups excluding carboxylic acids is 4. The number of anilines is 1. The minimum Gasteiger partial charge on any atom is -0.445 e. The van der Waals surface area contributed by atoms with E-state index in [4.69, 9.17) is 5.73 Å². The van der Waals surface area contributed by atoms with Gasteiger partial charge in [-0.1, -0.05) is 32.9 Å². The summed E-state index contributed by atoms with van der Waals surface area (Å²) in [6.07, 6.45) is -0.588. The van der Waals surface area contributed by atoms with Gasteiger partial charge in [-0.3, -0.25) is 14.4 Å². The SMILES string of the molecule is CCC(=O)NC(C(=O)NCC(=O)Nc1ccc(COC(N)=O)cc1)C(C)C. The number of ether oxygens (including phenoxy) is 1. The van der Waals surface area contributed by atoms with Gasteiger partial charge in [0, 0.05) is 12.1 Å². The molecule has 9 heteroatoms. The predicted molar refractivity (Wildman–Crippen MR) is 99.5 cm³/mol. The molecule has 0 fully saturated rings. The van der Waals surface area contributed by atoms with Crippen molar-refractivity contribution in [3.63, 3.8) is 0 Å². The van der Waals surface area contributed by atoms with Gasteiger partial charge in [-0.05, 0) is 23.6 Å². The maximum absolute atomic E-state index is 12.2. The average Bonchev–Trinajstić information content (AvgIpc) is 2.63. The van der Waals surface area contributed by atoms with Crippen LogP contribution in [0.1, 0.15) is 32.8 Å². The summed E-state index contributed by atoms with van der Waals surface area (Å²) in [6, 6.07) is 5.92. The van der Waals surface area contributed by atoms with Gasteiger partial charge in [0.15, 0.2) is 0 Å². The molecule has 0 aliphatic rings. The quantitative estimate of drug-likeness (QED) is 0.505. The van der Waals surface area contributed by atoms with Crippen LogP contribution in [-0.2, 0) is 25.7 Å². The molecule has 0 bridgehead atoms. The fourth-order valence-electron chi connectivity index (χ4n) is 2.13. The minimum absolute atomic E-state index is 0.0414. The number of carbonyl (C=O) groups is 4. The van der Waals surface area contributed by atoms with Crippen molar-refractivity contribution >= 4 is 29.5 Å². The Hall–Kier alpha value is -3.10.